The first kappa shape index (κ1) is 19.5. The van der Waals surface area contributed by atoms with Crippen LogP contribution in [0, 0.1) is 0 Å². The average Bonchev–Trinajstić information content (AvgIpc) is 3.15. The maximum Gasteiger partial charge on any atom is 0.250 e. The Kier molecular flexibility index (Phi) is 6.58. The standard InChI is InChI=1S/C22H21BrN2OS/c1-3-15(2)17-7-9-18(10-8-17)20-14-27-22(24-20)25-21(26)13-6-16-4-11-19(23)12-5-16/h4-15H,3H2,1-2H3,(H,24,25,26)/b13-6+. The summed E-state index contributed by atoms with van der Waals surface area (Å²) in [5.41, 5.74) is 4.24. The molecule has 3 aromatic rings. The van der Waals surface area contributed by atoms with Gasteiger partial charge < -0.3 is 0 Å². The van der Waals surface area contributed by atoms with Crippen molar-refractivity contribution in [2.45, 2.75) is 26.2 Å². The lowest BCUT2D eigenvalue weighted by molar-refractivity contribution is -0.111. The van der Waals surface area contributed by atoms with Gasteiger partial charge in [-0.05, 0) is 41.7 Å². The molecule has 5 heteroatoms. The third-order valence-corrected chi connectivity index (χ3v) is 5.71. The van der Waals surface area contributed by atoms with Gasteiger partial charge in [0.05, 0.1) is 5.69 Å². The summed E-state index contributed by atoms with van der Waals surface area (Å²) >= 11 is 4.82. The van der Waals surface area contributed by atoms with Crippen LogP contribution in [0.1, 0.15) is 37.3 Å². The highest BCUT2D eigenvalue weighted by atomic mass is 79.9. The van der Waals surface area contributed by atoms with E-state index >= 15 is 0 Å². The minimum absolute atomic E-state index is 0.189. The molecule has 0 aliphatic carbocycles. The summed E-state index contributed by atoms with van der Waals surface area (Å²) in [6.07, 6.45) is 4.43. The predicted octanol–water partition coefficient (Wildman–Crippen LogP) is 6.74. The minimum atomic E-state index is -0.189. The van der Waals surface area contributed by atoms with Gasteiger partial charge in [-0.1, -0.05) is 66.2 Å². The van der Waals surface area contributed by atoms with Crippen LogP contribution in [-0.4, -0.2) is 10.9 Å². The summed E-state index contributed by atoms with van der Waals surface area (Å²) < 4.78 is 1.01. The van der Waals surface area contributed by atoms with E-state index in [1.165, 1.54) is 23.0 Å². The van der Waals surface area contributed by atoms with E-state index in [0.717, 1.165) is 27.7 Å². The van der Waals surface area contributed by atoms with Gasteiger partial charge in [0.25, 0.3) is 0 Å². The molecule has 0 saturated carbocycles. The molecule has 1 amide bonds. The van der Waals surface area contributed by atoms with Crippen molar-refractivity contribution in [3.8, 4) is 11.3 Å². The van der Waals surface area contributed by atoms with Crippen LogP contribution in [0.25, 0.3) is 17.3 Å². The molecule has 3 nitrogen and oxygen atoms in total. The third kappa shape index (κ3) is 5.37. The topological polar surface area (TPSA) is 42.0 Å². The molecule has 138 valence electrons. The molecule has 0 bridgehead atoms. The van der Waals surface area contributed by atoms with E-state index in [0.29, 0.717) is 11.0 Å². The molecular formula is C22H21BrN2OS. The number of carbonyl (C=O) groups is 1. The molecule has 1 heterocycles. The Morgan fingerprint density at radius 1 is 1.19 bits per heavy atom. The first-order chi connectivity index (χ1) is 13.0. The fourth-order valence-electron chi connectivity index (χ4n) is 2.57. The number of nitrogens with one attached hydrogen (secondary N) is 1. The van der Waals surface area contributed by atoms with Gasteiger partial charge in [0.15, 0.2) is 5.13 Å². The molecule has 0 aliphatic rings. The second-order valence-corrected chi connectivity index (χ2v) is 8.12. The van der Waals surface area contributed by atoms with Gasteiger partial charge in [-0.3, -0.25) is 10.1 Å². The van der Waals surface area contributed by atoms with Crippen LogP contribution < -0.4 is 5.32 Å². The molecular weight excluding hydrogens is 420 g/mol. The number of rotatable bonds is 6. The fourth-order valence-corrected chi connectivity index (χ4v) is 3.56. The number of hydrogen-bond donors (Lipinski definition) is 1. The summed E-state index contributed by atoms with van der Waals surface area (Å²) in [7, 11) is 0. The molecule has 0 spiro atoms. The van der Waals surface area contributed by atoms with Crippen molar-refractivity contribution >= 4 is 44.4 Å². The number of hydrogen-bond acceptors (Lipinski definition) is 3. The van der Waals surface area contributed by atoms with Crippen molar-refractivity contribution in [2.75, 3.05) is 5.32 Å². The summed E-state index contributed by atoms with van der Waals surface area (Å²) in [4.78, 5) is 16.6. The van der Waals surface area contributed by atoms with Gasteiger partial charge in [0, 0.05) is 21.5 Å². The Bertz CT molecular complexity index is 930. The van der Waals surface area contributed by atoms with E-state index in [-0.39, 0.29) is 5.91 Å². The molecule has 27 heavy (non-hydrogen) atoms. The van der Waals surface area contributed by atoms with Gasteiger partial charge in [-0.25, -0.2) is 4.98 Å². The first-order valence-electron chi connectivity index (χ1n) is 8.85. The molecule has 0 aliphatic heterocycles. The highest BCUT2D eigenvalue weighted by molar-refractivity contribution is 9.10. The minimum Gasteiger partial charge on any atom is -0.298 e. The molecule has 0 radical (unpaired) electrons. The smallest absolute Gasteiger partial charge is 0.250 e. The summed E-state index contributed by atoms with van der Waals surface area (Å²) in [6, 6.07) is 16.3. The van der Waals surface area contributed by atoms with Gasteiger partial charge in [0.2, 0.25) is 5.91 Å². The molecule has 1 aromatic heterocycles. The van der Waals surface area contributed by atoms with Crippen LogP contribution in [0.15, 0.2) is 64.5 Å². The molecule has 2 aromatic carbocycles. The van der Waals surface area contributed by atoms with Crippen LogP contribution in [-0.2, 0) is 4.79 Å². The number of benzene rings is 2. The number of nitrogens with zero attached hydrogens (tertiary/aromatic N) is 1. The van der Waals surface area contributed by atoms with Crippen molar-refractivity contribution in [3.63, 3.8) is 0 Å². The highest BCUT2D eigenvalue weighted by Crippen LogP contribution is 2.27. The van der Waals surface area contributed by atoms with Crippen LogP contribution in [0.4, 0.5) is 5.13 Å². The largest absolute Gasteiger partial charge is 0.298 e. The van der Waals surface area contributed by atoms with Gasteiger partial charge in [-0.15, -0.1) is 11.3 Å². The van der Waals surface area contributed by atoms with Gasteiger partial charge >= 0.3 is 0 Å². The highest BCUT2D eigenvalue weighted by Gasteiger charge is 2.08. The number of aromatic nitrogens is 1. The summed E-state index contributed by atoms with van der Waals surface area (Å²) in [5.74, 6) is 0.368. The summed E-state index contributed by atoms with van der Waals surface area (Å²) in [5, 5.41) is 5.39. The molecule has 3 rings (SSSR count). The Morgan fingerprint density at radius 3 is 2.56 bits per heavy atom. The Morgan fingerprint density at radius 2 is 1.89 bits per heavy atom. The molecule has 0 fully saturated rings. The Labute approximate surface area is 172 Å². The van der Waals surface area contributed by atoms with E-state index < -0.39 is 0 Å². The SMILES string of the molecule is CCC(C)c1ccc(-c2csc(NC(=O)/C=C/c3ccc(Br)cc3)n2)cc1. The second kappa shape index (κ2) is 9.11. The number of anilines is 1. The average molecular weight is 441 g/mol. The lowest BCUT2D eigenvalue weighted by atomic mass is 9.97. The second-order valence-electron chi connectivity index (χ2n) is 6.34. The zero-order chi connectivity index (χ0) is 19.2. The van der Waals surface area contributed by atoms with Crippen LogP contribution in [0.2, 0.25) is 0 Å². The molecule has 1 atom stereocenters. The molecule has 1 unspecified atom stereocenters. The molecule has 0 saturated heterocycles. The van der Waals surface area contributed by atoms with Crippen LogP contribution in [0.5, 0.6) is 0 Å². The Hall–Kier alpha value is -2.24. The lowest BCUT2D eigenvalue weighted by Gasteiger charge is -2.08. The first-order valence-corrected chi connectivity index (χ1v) is 10.5. The van der Waals surface area contributed by atoms with E-state index in [1.54, 1.807) is 6.08 Å². The maximum absolute atomic E-state index is 12.1. The van der Waals surface area contributed by atoms with Gasteiger partial charge in [0.1, 0.15) is 0 Å². The van der Waals surface area contributed by atoms with Crippen molar-refractivity contribution in [2.24, 2.45) is 0 Å². The van der Waals surface area contributed by atoms with E-state index in [2.05, 4.69) is 64.3 Å². The van der Waals surface area contributed by atoms with Crippen LogP contribution in [0.3, 0.4) is 0 Å². The van der Waals surface area contributed by atoms with Crippen molar-refractivity contribution in [1.82, 2.24) is 4.98 Å². The van der Waals surface area contributed by atoms with E-state index in [1.807, 2.05) is 29.6 Å². The number of thiazole rings is 1. The fraction of sp³-hybridized carbons (Fsp3) is 0.182. The predicted molar refractivity (Wildman–Crippen MR) is 118 cm³/mol. The molecule has 1 N–H and O–H groups in total. The van der Waals surface area contributed by atoms with Crippen LogP contribution >= 0.6 is 27.3 Å². The monoisotopic (exact) mass is 440 g/mol. The quantitative estimate of drug-likeness (QED) is 0.431. The van der Waals surface area contributed by atoms with Crippen molar-refractivity contribution in [1.29, 1.82) is 0 Å². The lowest BCUT2D eigenvalue weighted by Crippen LogP contribution is -2.07. The third-order valence-electron chi connectivity index (χ3n) is 4.42. The van der Waals surface area contributed by atoms with Crippen molar-refractivity contribution in [3.05, 3.63) is 75.6 Å². The van der Waals surface area contributed by atoms with E-state index in [4.69, 9.17) is 0 Å². The number of amides is 1. The van der Waals surface area contributed by atoms with Gasteiger partial charge in [-0.2, -0.15) is 0 Å². The Balaban J connectivity index is 1.63. The maximum atomic E-state index is 12.1. The number of halogens is 1. The van der Waals surface area contributed by atoms with E-state index in [9.17, 15) is 4.79 Å². The number of carbonyl (C=O) groups excluding carboxylic acids is 1. The zero-order valence-electron chi connectivity index (χ0n) is 15.3. The normalized spacial score (nSPS) is 12.3. The summed E-state index contributed by atoms with van der Waals surface area (Å²) in [6.45, 7) is 4.42. The van der Waals surface area contributed by atoms with Crippen molar-refractivity contribution < 1.29 is 4.79 Å². The zero-order valence-corrected chi connectivity index (χ0v) is 17.7.